The van der Waals surface area contributed by atoms with Gasteiger partial charge in [0.1, 0.15) is 18.1 Å². The third-order valence-corrected chi connectivity index (χ3v) is 6.22. The summed E-state index contributed by atoms with van der Waals surface area (Å²) in [5.41, 5.74) is 1.01. The van der Waals surface area contributed by atoms with Crippen LogP contribution in [-0.4, -0.2) is 46.0 Å². The fourth-order valence-electron chi connectivity index (χ4n) is 2.58. The molecule has 0 aliphatic heterocycles. The van der Waals surface area contributed by atoms with E-state index in [2.05, 4.69) is 5.32 Å². The molecular formula is C21H27FN2O4S2. The van der Waals surface area contributed by atoms with Gasteiger partial charge in [0.15, 0.2) is 0 Å². The Balaban J connectivity index is 1.84. The van der Waals surface area contributed by atoms with Crippen molar-refractivity contribution in [3.8, 4) is 5.75 Å². The highest BCUT2D eigenvalue weighted by atomic mass is 32.2. The first-order valence-electron chi connectivity index (χ1n) is 9.59. The molecule has 0 aliphatic carbocycles. The van der Waals surface area contributed by atoms with E-state index < -0.39 is 15.9 Å². The molecule has 0 fully saturated rings. The highest BCUT2D eigenvalue weighted by Gasteiger charge is 2.20. The van der Waals surface area contributed by atoms with Crippen LogP contribution < -0.4 is 14.4 Å². The van der Waals surface area contributed by atoms with Crippen molar-refractivity contribution in [1.82, 2.24) is 5.32 Å². The summed E-state index contributed by atoms with van der Waals surface area (Å²) >= 11 is 1.49. The van der Waals surface area contributed by atoms with E-state index in [1.165, 1.54) is 17.8 Å². The first kappa shape index (κ1) is 24.0. The Labute approximate surface area is 181 Å². The predicted octanol–water partition coefficient (Wildman–Crippen LogP) is 3.43. The van der Waals surface area contributed by atoms with Crippen LogP contribution in [0.1, 0.15) is 18.9 Å². The average Bonchev–Trinajstić information content (AvgIpc) is 2.71. The number of carbonyl (C=O) groups is 1. The number of nitrogens with one attached hydrogen (secondary N) is 1. The Morgan fingerprint density at radius 2 is 1.87 bits per heavy atom. The summed E-state index contributed by atoms with van der Waals surface area (Å²) in [7, 11) is -3.63. The maximum Gasteiger partial charge on any atom is 0.240 e. The van der Waals surface area contributed by atoms with E-state index in [1.807, 2.05) is 6.92 Å². The summed E-state index contributed by atoms with van der Waals surface area (Å²) in [5.74, 6) is 1.08. The van der Waals surface area contributed by atoms with Crippen LogP contribution in [0.4, 0.5) is 10.1 Å². The summed E-state index contributed by atoms with van der Waals surface area (Å²) in [5, 5.41) is 2.71. The molecule has 6 nitrogen and oxygen atoms in total. The number of benzene rings is 2. The quantitative estimate of drug-likeness (QED) is 0.498. The van der Waals surface area contributed by atoms with Crippen molar-refractivity contribution in [2.24, 2.45) is 0 Å². The lowest BCUT2D eigenvalue weighted by Gasteiger charge is -2.22. The number of sulfonamides is 1. The molecule has 0 saturated carbocycles. The van der Waals surface area contributed by atoms with Crippen molar-refractivity contribution in [1.29, 1.82) is 0 Å². The standard InChI is InChI=1S/C21H27FN2O4S2/c1-3-13-28-19-10-8-18(9-11-19)24(30(2,26)27)15-21(25)23-12-14-29-16-17-6-4-5-7-20(17)22/h4-11H,3,12-16H2,1-2H3,(H,23,25). The van der Waals surface area contributed by atoms with Crippen molar-refractivity contribution >= 4 is 33.4 Å². The Morgan fingerprint density at radius 1 is 1.17 bits per heavy atom. The van der Waals surface area contributed by atoms with Crippen LogP contribution >= 0.6 is 11.8 Å². The van der Waals surface area contributed by atoms with Gasteiger partial charge in [0.2, 0.25) is 15.9 Å². The number of ether oxygens (including phenoxy) is 1. The van der Waals surface area contributed by atoms with Gasteiger partial charge < -0.3 is 10.1 Å². The minimum atomic E-state index is -3.63. The Bertz CT molecular complexity index is 921. The monoisotopic (exact) mass is 454 g/mol. The van der Waals surface area contributed by atoms with Crippen LogP contribution in [0.2, 0.25) is 0 Å². The first-order chi connectivity index (χ1) is 14.3. The average molecular weight is 455 g/mol. The van der Waals surface area contributed by atoms with Gasteiger partial charge in [-0.3, -0.25) is 9.10 Å². The second-order valence-corrected chi connectivity index (χ2v) is 9.62. The molecule has 0 bridgehead atoms. The molecule has 1 N–H and O–H groups in total. The van der Waals surface area contributed by atoms with E-state index in [4.69, 9.17) is 4.74 Å². The number of hydrogen-bond acceptors (Lipinski definition) is 5. The lowest BCUT2D eigenvalue weighted by Crippen LogP contribution is -2.41. The zero-order valence-corrected chi connectivity index (χ0v) is 18.8. The summed E-state index contributed by atoms with van der Waals surface area (Å²) in [4.78, 5) is 12.3. The molecule has 0 saturated heterocycles. The number of amides is 1. The largest absolute Gasteiger partial charge is 0.494 e. The molecule has 2 aromatic rings. The normalized spacial score (nSPS) is 11.2. The van der Waals surface area contributed by atoms with E-state index in [1.54, 1.807) is 42.5 Å². The van der Waals surface area contributed by atoms with E-state index in [0.717, 1.165) is 17.0 Å². The topological polar surface area (TPSA) is 75.7 Å². The van der Waals surface area contributed by atoms with Crippen molar-refractivity contribution < 1.29 is 22.3 Å². The lowest BCUT2D eigenvalue weighted by molar-refractivity contribution is -0.119. The molecule has 9 heteroatoms. The molecule has 0 spiro atoms. The fourth-order valence-corrected chi connectivity index (χ4v) is 4.28. The van der Waals surface area contributed by atoms with Crippen LogP contribution in [0.3, 0.4) is 0 Å². The van der Waals surface area contributed by atoms with Crippen LogP contribution in [0.15, 0.2) is 48.5 Å². The van der Waals surface area contributed by atoms with Gasteiger partial charge in [0.25, 0.3) is 0 Å². The Morgan fingerprint density at radius 3 is 2.50 bits per heavy atom. The summed E-state index contributed by atoms with van der Waals surface area (Å²) in [6, 6.07) is 13.2. The van der Waals surface area contributed by atoms with Crippen molar-refractivity contribution in [2.75, 3.05) is 36.0 Å². The Hall–Kier alpha value is -2.26. The third-order valence-electron chi connectivity index (χ3n) is 4.07. The molecular weight excluding hydrogens is 427 g/mol. The zero-order chi connectivity index (χ0) is 22.0. The summed E-state index contributed by atoms with van der Waals surface area (Å²) in [6.45, 7) is 2.62. The molecule has 164 valence electrons. The maximum atomic E-state index is 13.6. The first-order valence-corrected chi connectivity index (χ1v) is 12.6. The SMILES string of the molecule is CCCOc1ccc(N(CC(=O)NCCSCc2ccccc2F)S(C)(=O)=O)cc1. The molecule has 0 radical (unpaired) electrons. The van der Waals surface area contributed by atoms with Gasteiger partial charge in [0, 0.05) is 18.1 Å². The third kappa shape index (κ3) is 7.87. The molecule has 0 aromatic heterocycles. The van der Waals surface area contributed by atoms with E-state index in [-0.39, 0.29) is 12.4 Å². The second-order valence-electron chi connectivity index (χ2n) is 6.61. The smallest absolute Gasteiger partial charge is 0.240 e. The molecule has 2 rings (SSSR count). The number of rotatable bonds is 12. The Kier molecular flexibility index (Phi) is 9.45. The highest BCUT2D eigenvalue weighted by Crippen LogP contribution is 2.21. The molecule has 0 unspecified atom stereocenters. The van der Waals surface area contributed by atoms with Gasteiger partial charge in [-0.1, -0.05) is 25.1 Å². The van der Waals surface area contributed by atoms with Crippen molar-refractivity contribution in [3.63, 3.8) is 0 Å². The summed E-state index contributed by atoms with van der Waals surface area (Å²) < 4.78 is 44.5. The molecule has 0 heterocycles. The van der Waals surface area contributed by atoms with Crippen molar-refractivity contribution in [3.05, 3.63) is 59.9 Å². The van der Waals surface area contributed by atoms with Crippen LogP contribution in [0.25, 0.3) is 0 Å². The van der Waals surface area contributed by atoms with Gasteiger partial charge in [-0.25, -0.2) is 12.8 Å². The van der Waals surface area contributed by atoms with Crippen LogP contribution in [0.5, 0.6) is 5.75 Å². The van der Waals surface area contributed by atoms with E-state index in [0.29, 0.717) is 41.7 Å². The molecule has 0 aliphatic rings. The minimum absolute atomic E-state index is 0.246. The van der Waals surface area contributed by atoms with E-state index >= 15 is 0 Å². The number of nitrogens with zero attached hydrogens (tertiary/aromatic N) is 1. The number of hydrogen-bond donors (Lipinski definition) is 1. The molecule has 30 heavy (non-hydrogen) atoms. The van der Waals surface area contributed by atoms with Gasteiger partial charge >= 0.3 is 0 Å². The second kappa shape index (κ2) is 11.8. The van der Waals surface area contributed by atoms with Crippen LogP contribution in [0, 0.1) is 5.82 Å². The fraction of sp³-hybridized carbons (Fsp3) is 0.381. The summed E-state index contributed by atoms with van der Waals surface area (Å²) in [6.07, 6.45) is 1.93. The van der Waals surface area contributed by atoms with Gasteiger partial charge in [-0.05, 0) is 42.3 Å². The van der Waals surface area contributed by atoms with Crippen LogP contribution in [-0.2, 0) is 20.6 Å². The molecule has 2 aromatic carbocycles. The van der Waals surface area contributed by atoms with E-state index in [9.17, 15) is 17.6 Å². The number of thioether (sulfide) groups is 1. The maximum absolute atomic E-state index is 13.6. The highest BCUT2D eigenvalue weighted by molar-refractivity contribution is 7.98. The predicted molar refractivity (Wildman–Crippen MR) is 120 cm³/mol. The van der Waals surface area contributed by atoms with Gasteiger partial charge in [-0.2, -0.15) is 11.8 Å². The number of halogens is 1. The van der Waals surface area contributed by atoms with Crippen molar-refractivity contribution in [2.45, 2.75) is 19.1 Å². The van der Waals surface area contributed by atoms with Gasteiger partial charge in [-0.15, -0.1) is 0 Å². The molecule has 0 atom stereocenters. The lowest BCUT2D eigenvalue weighted by atomic mass is 10.2. The minimum Gasteiger partial charge on any atom is -0.494 e. The number of carbonyl (C=O) groups excluding carboxylic acids is 1. The zero-order valence-electron chi connectivity index (χ0n) is 17.1. The molecule has 1 amide bonds. The van der Waals surface area contributed by atoms with Gasteiger partial charge in [0.05, 0.1) is 18.6 Å². The number of anilines is 1.